The van der Waals surface area contributed by atoms with Gasteiger partial charge in [0.2, 0.25) is 0 Å². The van der Waals surface area contributed by atoms with Crippen LogP contribution in [0.2, 0.25) is 0 Å². The van der Waals surface area contributed by atoms with Crippen molar-refractivity contribution >= 4 is 11.9 Å². The molecule has 0 aromatic heterocycles. The lowest BCUT2D eigenvalue weighted by Crippen LogP contribution is -2.34. The molecular weight excluding hydrogens is 552 g/mol. The van der Waals surface area contributed by atoms with Gasteiger partial charge in [0.15, 0.2) is 0 Å². The van der Waals surface area contributed by atoms with Gasteiger partial charge in [0.25, 0.3) is 0 Å². The Morgan fingerprint density at radius 1 is 0.682 bits per heavy atom. The number of hydrogen-bond acceptors (Lipinski definition) is 6. The molecule has 0 bridgehead atoms. The molecule has 0 radical (unpaired) electrons. The number of aryl methyl sites for hydroxylation is 2. The average Bonchev–Trinajstić information content (AvgIpc) is 3.06. The highest BCUT2D eigenvalue weighted by molar-refractivity contribution is 5.93. The van der Waals surface area contributed by atoms with Gasteiger partial charge in [-0.05, 0) is 79.8 Å². The maximum absolute atomic E-state index is 13.6. The number of carbonyl (C=O) groups excluding carboxylic acids is 2. The van der Waals surface area contributed by atoms with Gasteiger partial charge in [-0.3, -0.25) is 0 Å². The van der Waals surface area contributed by atoms with E-state index < -0.39 is 18.0 Å². The Kier molecular flexibility index (Phi) is 16.2. The molecule has 0 aliphatic heterocycles. The molecule has 2 aromatic carbocycles. The lowest BCUT2D eigenvalue weighted by molar-refractivity contribution is -0.0250. The first-order valence-electron chi connectivity index (χ1n) is 17.4. The number of carbonyl (C=O) groups is 2. The third-order valence-corrected chi connectivity index (χ3v) is 8.67. The van der Waals surface area contributed by atoms with Crippen molar-refractivity contribution in [3.8, 4) is 11.5 Å². The largest absolute Gasteiger partial charge is 0.493 e. The summed E-state index contributed by atoms with van der Waals surface area (Å²) < 4.78 is 24.2. The van der Waals surface area contributed by atoms with Gasteiger partial charge in [-0.2, -0.15) is 0 Å². The molecule has 0 heterocycles. The summed E-state index contributed by atoms with van der Waals surface area (Å²) in [6, 6.07) is 11.4. The molecule has 244 valence electrons. The van der Waals surface area contributed by atoms with Gasteiger partial charge in [-0.1, -0.05) is 97.6 Å². The first-order valence-corrected chi connectivity index (χ1v) is 17.4. The molecule has 0 spiro atoms. The summed E-state index contributed by atoms with van der Waals surface area (Å²) in [6.45, 7) is 9.68. The van der Waals surface area contributed by atoms with Crippen LogP contribution < -0.4 is 9.47 Å². The summed E-state index contributed by atoms with van der Waals surface area (Å²) in [5.74, 6) is 0.407. The van der Waals surface area contributed by atoms with Crippen molar-refractivity contribution in [1.82, 2.24) is 0 Å². The van der Waals surface area contributed by atoms with E-state index in [0.29, 0.717) is 35.8 Å². The fraction of sp³-hybridized carbons (Fsp3) is 0.632. The van der Waals surface area contributed by atoms with Gasteiger partial charge in [-0.15, -0.1) is 0 Å². The summed E-state index contributed by atoms with van der Waals surface area (Å²) in [7, 11) is 0. The van der Waals surface area contributed by atoms with Crippen LogP contribution in [0.15, 0.2) is 36.4 Å². The molecule has 6 nitrogen and oxygen atoms in total. The molecular formula is C38H56O6. The summed E-state index contributed by atoms with van der Waals surface area (Å²) >= 11 is 0. The predicted molar refractivity (Wildman–Crippen MR) is 177 cm³/mol. The number of benzene rings is 2. The van der Waals surface area contributed by atoms with Gasteiger partial charge < -0.3 is 18.9 Å². The molecule has 1 atom stereocenters. The van der Waals surface area contributed by atoms with Crippen LogP contribution >= 0.6 is 0 Å². The fourth-order valence-corrected chi connectivity index (χ4v) is 5.78. The second kappa shape index (κ2) is 20.1. The van der Waals surface area contributed by atoms with Crippen LogP contribution in [0.4, 0.5) is 0 Å². The van der Waals surface area contributed by atoms with Crippen molar-refractivity contribution in [2.45, 2.75) is 130 Å². The zero-order chi connectivity index (χ0) is 31.6. The molecule has 3 rings (SSSR count). The van der Waals surface area contributed by atoms with Gasteiger partial charge in [-0.25, -0.2) is 9.59 Å². The summed E-state index contributed by atoms with van der Waals surface area (Å²) in [4.78, 5) is 27.0. The summed E-state index contributed by atoms with van der Waals surface area (Å²) in [5.41, 5.74) is 3.07. The summed E-state index contributed by atoms with van der Waals surface area (Å²) in [5, 5.41) is 0. The van der Waals surface area contributed by atoms with E-state index in [1.54, 1.807) is 6.07 Å². The van der Waals surface area contributed by atoms with E-state index in [1.165, 1.54) is 19.3 Å². The average molecular weight is 609 g/mol. The Morgan fingerprint density at radius 2 is 1.20 bits per heavy atom. The number of rotatable bonds is 20. The SMILES string of the molecule is CCCCCCOc1cc(CC)ccc1C(=O)OCC(OC(=O)c1ccc(CC)cc1OCCCCCC)C1CCCCC1. The lowest BCUT2D eigenvalue weighted by atomic mass is 9.85. The van der Waals surface area contributed by atoms with Crippen molar-refractivity contribution < 1.29 is 28.5 Å². The van der Waals surface area contributed by atoms with Crippen molar-refractivity contribution in [2.75, 3.05) is 19.8 Å². The van der Waals surface area contributed by atoms with E-state index in [0.717, 1.165) is 88.2 Å². The monoisotopic (exact) mass is 608 g/mol. The van der Waals surface area contributed by atoms with E-state index in [2.05, 4.69) is 27.7 Å². The quantitative estimate of drug-likeness (QED) is 0.110. The van der Waals surface area contributed by atoms with E-state index in [4.69, 9.17) is 18.9 Å². The highest BCUT2D eigenvalue weighted by atomic mass is 16.6. The van der Waals surface area contributed by atoms with Crippen LogP contribution in [0.3, 0.4) is 0 Å². The normalized spacial score (nSPS) is 14.2. The van der Waals surface area contributed by atoms with Crippen LogP contribution in [0.25, 0.3) is 0 Å². The minimum Gasteiger partial charge on any atom is -0.493 e. The smallest absolute Gasteiger partial charge is 0.342 e. The first kappa shape index (κ1) is 35.5. The first-order chi connectivity index (χ1) is 21.5. The molecule has 0 saturated heterocycles. The van der Waals surface area contributed by atoms with Crippen LogP contribution in [-0.2, 0) is 22.3 Å². The Bertz CT molecular complexity index is 1140. The van der Waals surface area contributed by atoms with Gasteiger partial charge in [0, 0.05) is 0 Å². The second-order valence-electron chi connectivity index (χ2n) is 12.1. The molecule has 1 unspecified atom stereocenters. The van der Waals surface area contributed by atoms with E-state index >= 15 is 0 Å². The lowest BCUT2D eigenvalue weighted by Gasteiger charge is -2.30. The van der Waals surface area contributed by atoms with Crippen molar-refractivity contribution in [3.05, 3.63) is 58.7 Å². The van der Waals surface area contributed by atoms with E-state index in [1.807, 2.05) is 30.3 Å². The molecule has 1 aliphatic carbocycles. The molecule has 0 amide bonds. The van der Waals surface area contributed by atoms with Crippen LogP contribution in [0.1, 0.15) is 143 Å². The fourth-order valence-electron chi connectivity index (χ4n) is 5.78. The standard InChI is InChI=1S/C38H56O6/c1-5-9-11-16-24-41-34-26-29(7-3)20-22-32(34)37(39)43-28-36(31-18-14-13-15-19-31)44-38(40)33-23-21-30(8-4)27-35(33)42-25-17-12-10-6-2/h20-23,26-27,31,36H,5-19,24-25,28H2,1-4H3. The molecule has 1 aliphatic rings. The molecule has 1 saturated carbocycles. The molecule has 0 N–H and O–H groups in total. The minimum absolute atomic E-state index is 0.0148. The van der Waals surface area contributed by atoms with Crippen LogP contribution in [-0.4, -0.2) is 37.9 Å². The van der Waals surface area contributed by atoms with E-state index in [9.17, 15) is 9.59 Å². The number of unbranched alkanes of at least 4 members (excludes halogenated alkanes) is 6. The number of esters is 2. The highest BCUT2D eigenvalue weighted by Gasteiger charge is 2.30. The highest BCUT2D eigenvalue weighted by Crippen LogP contribution is 2.31. The molecule has 44 heavy (non-hydrogen) atoms. The molecule has 6 heteroatoms. The third kappa shape index (κ3) is 11.5. The Morgan fingerprint density at radius 3 is 1.70 bits per heavy atom. The molecule has 1 fully saturated rings. The third-order valence-electron chi connectivity index (χ3n) is 8.67. The summed E-state index contributed by atoms with van der Waals surface area (Å²) in [6.07, 6.45) is 15.2. The Balaban J connectivity index is 1.72. The Hall–Kier alpha value is -3.02. The van der Waals surface area contributed by atoms with Gasteiger partial charge in [0.1, 0.15) is 35.3 Å². The van der Waals surface area contributed by atoms with Crippen LogP contribution in [0.5, 0.6) is 11.5 Å². The zero-order valence-electron chi connectivity index (χ0n) is 27.8. The second-order valence-corrected chi connectivity index (χ2v) is 12.1. The zero-order valence-corrected chi connectivity index (χ0v) is 27.8. The van der Waals surface area contributed by atoms with Crippen molar-refractivity contribution in [2.24, 2.45) is 5.92 Å². The Labute approximate surface area is 266 Å². The topological polar surface area (TPSA) is 71.1 Å². The van der Waals surface area contributed by atoms with Crippen LogP contribution in [0, 0.1) is 5.92 Å². The minimum atomic E-state index is -0.525. The van der Waals surface area contributed by atoms with E-state index in [-0.39, 0.29) is 12.5 Å². The van der Waals surface area contributed by atoms with Gasteiger partial charge in [0.05, 0.1) is 13.2 Å². The number of ether oxygens (including phenoxy) is 4. The van der Waals surface area contributed by atoms with Crippen molar-refractivity contribution in [1.29, 1.82) is 0 Å². The predicted octanol–water partition coefficient (Wildman–Crippen LogP) is 9.69. The van der Waals surface area contributed by atoms with Gasteiger partial charge >= 0.3 is 11.9 Å². The number of hydrogen-bond donors (Lipinski definition) is 0. The van der Waals surface area contributed by atoms with Crippen molar-refractivity contribution in [3.63, 3.8) is 0 Å². The maximum atomic E-state index is 13.6. The molecule has 2 aromatic rings. The maximum Gasteiger partial charge on any atom is 0.342 e.